The number of sulfonamides is 1. The van der Waals surface area contributed by atoms with Crippen molar-refractivity contribution in [2.45, 2.75) is 45.2 Å². The van der Waals surface area contributed by atoms with Crippen LogP contribution in [0.15, 0.2) is 60.9 Å². The van der Waals surface area contributed by atoms with Crippen molar-refractivity contribution in [2.75, 3.05) is 15.9 Å². The zero-order chi connectivity index (χ0) is 24.7. The molecular formula is C27H29N5O2S. The van der Waals surface area contributed by atoms with E-state index in [0.717, 1.165) is 58.6 Å². The Hall–Kier alpha value is -3.57. The summed E-state index contributed by atoms with van der Waals surface area (Å²) in [7, 11) is -3.33. The van der Waals surface area contributed by atoms with E-state index in [2.05, 4.69) is 45.9 Å². The average molecular weight is 488 g/mol. The highest BCUT2D eigenvalue weighted by Crippen LogP contribution is 2.39. The molecule has 2 aromatic heterocycles. The minimum Gasteiger partial charge on any atom is -0.364 e. The third kappa shape index (κ3) is 4.56. The summed E-state index contributed by atoms with van der Waals surface area (Å²) >= 11 is 0. The van der Waals surface area contributed by atoms with E-state index in [1.54, 1.807) is 6.07 Å². The van der Waals surface area contributed by atoms with Gasteiger partial charge in [-0.15, -0.1) is 0 Å². The maximum atomic E-state index is 11.6. The number of hydrogen-bond acceptors (Lipinski definition) is 5. The summed E-state index contributed by atoms with van der Waals surface area (Å²) in [5, 5.41) is 16.0. The zero-order valence-corrected chi connectivity index (χ0v) is 21.0. The number of rotatable bonds is 6. The highest BCUT2D eigenvalue weighted by molar-refractivity contribution is 7.92. The molecule has 0 aliphatic carbocycles. The molecule has 7 nitrogen and oxygen atoms in total. The molecule has 1 saturated heterocycles. The summed E-state index contributed by atoms with van der Waals surface area (Å²) in [6.07, 6.45) is 8.07. The normalized spacial score (nSPS) is 19.2. The van der Waals surface area contributed by atoms with Gasteiger partial charge < -0.3 is 4.90 Å². The fourth-order valence-electron chi connectivity index (χ4n) is 5.33. The second-order valence-electron chi connectivity index (χ2n) is 9.65. The van der Waals surface area contributed by atoms with Gasteiger partial charge in [0, 0.05) is 35.4 Å². The first-order valence-electron chi connectivity index (χ1n) is 11.9. The summed E-state index contributed by atoms with van der Waals surface area (Å²) in [6, 6.07) is 19.1. The molecule has 0 bridgehead atoms. The molecule has 0 spiro atoms. The Kier molecular flexibility index (Phi) is 5.89. The summed E-state index contributed by atoms with van der Waals surface area (Å²) < 4.78 is 27.7. The van der Waals surface area contributed by atoms with Crippen LogP contribution in [0.1, 0.15) is 33.1 Å². The van der Waals surface area contributed by atoms with Gasteiger partial charge in [0.1, 0.15) is 0 Å². The van der Waals surface area contributed by atoms with Gasteiger partial charge in [0.25, 0.3) is 0 Å². The molecule has 1 fully saturated rings. The lowest BCUT2D eigenvalue weighted by Crippen LogP contribution is -2.35. The Morgan fingerprint density at radius 2 is 1.94 bits per heavy atom. The lowest BCUT2D eigenvalue weighted by molar-refractivity contribution is 0.529. The number of nitriles is 1. The van der Waals surface area contributed by atoms with Gasteiger partial charge in [-0.1, -0.05) is 18.2 Å². The molecule has 8 heteroatoms. The minimum absolute atomic E-state index is 0.0134. The van der Waals surface area contributed by atoms with E-state index in [0.29, 0.717) is 17.8 Å². The van der Waals surface area contributed by atoms with Gasteiger partial charge in [-0.05, 0) is 79.8 Å². The van der Waals surface area contributed by atoms with Crippen molar-refractivity contribution in [1.29, 1.82) is 5.26 Å². The summed E-state index contributed by atoms with van der Waals surface area (Å²) in [6.45, 7) is 4.26. The molecule has 180 valence electrons. The molecule has 1 N–H and O–H groups in total. The molecule has 4 aromatic rings. The number of pyridine rings is 1. The van der Waals surface area contributed by atoms with Crippen molar-refractivity contribution in [3.05, 3.63) is 60.9 Å². The molecule has 0 saturated carbocycles. The Bertz CT molecular complexity index is 1550. The van der Waals surface area contributed by atoms with Crippen LogP contribution in [0.5, 0.6) is 0 Å². The monoisotopic (exact) mass is 487 g/mol. The van der Waals surface area contributed by atoms with E-state index in [1.807, 2.05) is 48.1 Å². The van der Waals surface area contributed by atoms with E-state index >= 15 is 0 Å². The van der Waals surface area contributed by atoms with Crippen LogP contribution in [0.2, 0.25) is 0 Å². The molecule has 3 unspecified atom stereocenters. The Morgan fingerprint density at radius 1 is 1.17 bits per heavy atom. The van der Waals surface area contributed by atoms with E-state index in [4.69, 9.17) is 0 Å². The third-order valence-electron chi connectivity index (χ3n) is 6.88. The van der Waals surface area contributed by atoms with Crippen LogP contribution in [0.3, 0.4) is 0 Å². The van der Waals surface area contributed by atoms with E-state index in [9.17, 15) is 13.7 Å². The van der Waals surface area contributed by atoms with Crippen molar-refractivity contribution in [3.63, 3.8) is 0 Å². The predicted molar refractivity (Wildman–Crippen MR) is 141 cm³/mol. The van der Waals surface area contributed by atoms with Crippen molar-refractivity contribution in [2.24, 2.45) is 5.92 Å². The van der Waals surface area contributed by atoms with E-state index in [1.165, 1.54) is 0 Å². The molecule has 35 heavy (non-hydrogen) atoms. The molecular weight excluding hydrogens is 458 g/mol. The fourth-order valence-corrected chi connectivity index (χ4v) is 5.89. The van der Waals surface area contributed by atoms with Crippen molar-refractivity contribution < 1.29 is 8.42 Å². The van der Waals surface area contributed by atoms with Crippen LogP contribution < -0.4 is 9.62 Å². The van der Waals surface area contributed by atoms with Crippen LogP contribution in [0.4, 0.5) is 11.4 Å². The fraction of sp³-hybridized carbons (Fsp3) is 0.333. The molecule has 3 atom stereocenters. The SMILES string of the molecule is CC(C#N)CC1CCC(C)N1c1cccn2ncc(-c3ccc4cc(NS(C)(=O)=O)ccc4c3)c12. The van der Waals surface area contributed by atoms with Gasteiger partial charge >= 0.3 is 0 Å². The van der Waals surface area contributed by atoms with Crippen LogP contribution in [0, 0.1) is 17.2 Å². The quantitative estimate of drug-likeness (QED) is 0.391. The number of nitrogens with zero attached hydrogens (tertiary/aromatic N) is 4. The molecule has 1 aliphatic rings. The number of fused-ring (bicyclic) bond motifs is 2. The smallest absolute Gasteiger partial charge is 0.229 e. The first kappa shape index (κ1) is 23.2. The third-order valence-corrected chi connectivity index (χ3v) is 7.49. The maximum Gasteiger partial charge on any atom is 0.229 e. The largest absolute Gasteiger partial charge is 0.364 e. The predicted octanol–water partition coefficient (Wildman–Crippen LogP) is 5.43. The summed E-state index contributed by atoms with van der Waals surface area (Å²) in [5.74, 6) is 0.0134. The first-order valence-corrected chi connectivity index (χ1v) is 13.8. The number of nitrogens with one attached hydrogen (secondary N) is 1. The molecule has 2 aromatic carbocycles. The van der Waals surface area contributed by atoms with Crippen molar-refractivity contribution in [3.8, 4) is 17.2 Å². The summed E-state index contributed by atoms with van der Waals surface area (Å²) in [5.41, 5.74) is 4.86. The summed E-state index contributed by atoms with van der Waals surface area (Å²) in [4.78, 5) is 2.48. The van der Waals surface area contributed by atoms with Gasteiger partial charge in [0.15, 0.2) is 0 Å². The number of benzene rings is 2. The first-order chi connectivity index (χ1) is 16.7. The zero-order valence-electron chi connectivity index (χ0n) is 20.1. The van der Waals surface area contributed by atoms with Crippen molar-refractivity contribution >= 4 is 37.7 Å². The maximum absolute atomic E-state index is 11.6. The average Bonchev–Trinajstić information content (AvgIpc) is 3.41. The Balaban J connectivity index is 1.58. The van der Waals surface area contributed by atoms with Gasteiger partial charge in [0.2, 0.25) is 10.0 Å². The van der Waals surface area contributed by atoms with E-state index < -0.39 is 10.0 Å². The lowest BCUT2D eigenvalue weighted by atomic mass is 9.99. The van der Waals surface area contributed by atoms with Crippen LogP contribution in [0.25, 0.3) is 27.4 Å². The minimum atomic E-state index is -3.33. The van der Waals surface area contributed by atoms with Crippen LogP contribution >= 0.6 is 0 Å². The van der Waals surface area contributed by atoms with Gasteiger partial charge in [-0.25, -0.2) is 12.9 Å². The van der Waals surface area contributed by atoms with Crippen LogP contribution in [-0.4, -0.2) is 36.4 Å². The Labute approximate surface area is 206 Å². The lowest BCUT2D eigenvalue weighted by Gasteiger charge is -2.32. The topological polar surface area (TPSA) is 90.5 Å². The number of anilines is 2. The Morgan fingerprint density at radius 3 is 2.71 bits per heavy atom. The van der Waals surface area contributed by atoms with E-state index in [-0.39, 0.29) is 5.92 Å². The number of aromatic nitrogens is 2. The highest BCUT2D eigenvalue weighted by Gasteiger charge is 2.33. The van der Waals surface area contributed by atoms with Gasteiger partial charge in [-0.2, -0.15) is 10.4 Å². The van der Waals surface area contributed by atoms with Gasteiger partial charge in [-0.3, -0.25) is 4.72 Å². The molecule has 1 aliphatic heterocycles. The second-order valence-corrected chi connectivity index (χ2v) is 11.4. The second kappa shape index (κ2) is 8.90. The highest BCUT2D eigenvalue weighted by atomic mass is 32.2. The molecule has 5 rings (SSSR count). The standard InChI is InChI=1S/C27H29N5O2S/c1-18(16-28)13-24-11-6-19(2)32(24)26-5-4-12-31-27(26)25(17-29-31)22-8-7-21-15-23(30-35(3,33)34)10-9-20(21)14-22/h4-5,7-10,12,14-15,17-19,24,30H,6,11,13H2,1-3H3. The molecule has 3 heterocycles. The van der Waals surface area contributed by atoms with Gasteiger partial charge in [0.05, 0.1) is 29.7 Å². The number of hydrogen-bond donors (Lipinski definition) is 1. The van der Waals surface area contributed by atoms with Crippen molar-refractivity contribution in [1.82, 2.24) is 9.61 Å². The molecule has 0 amide bonds. The molecule has 0 radical (unpaired) electrons. The van der Waals surface area contributed by atoms with Crippen LogP contribution in [-0.2, 0) is 10.0 Å².